The molecule has 9 heteroatoms. The molecular formula is C19H21NO7S. The molecule has 0 amide bonds. The van der Waals surface area contributed by atoms with Crippen LogP contribution < -0.4 is 18.9 Å². The van der Waals surface area contributed by atoms with E-state index in [1.54, 1.807) is 18.2 Å². The summed E-state index contributed by atoms with van der Waals surface area (Å²) in [7, 11) is -1.09. The number of nitrogens with one attached hydrogen (secondary N) is 1. The molecule has 8 nitrogen and oxygen atoms in total. The second kappa shape index (κ2) is 8.49. The Morgan fingerprint density at radius 1 is 1.07 bits per heavy atom. The summed E-state index contributed by atoms with van der Waals surface area (Å²) in [6.45, 7) is 0.980. The van der Waals surface area contributed by atoms with E-state index in [0.29, 0.717) is 36.0 Å². The Bertz CT molecular complexity index is 972. The van der Waals surface area contributed by atoms with Gasteiger partial charge in [-0.1, -0.05) is 6.07 Å². The van der Waals surface area contributed by atoms with E-state index in [1.807, 2.05) is 0 Å². The fourth-order valence-electron chi connectivity index (χ4n) is 2.71. The average Bonchev–Trinajstić information content (AvgIpc) is 2.96. The molecule has 1 aliphatic heterocycles. The number of ether oxygens (including phenoxy) is 4. The lowest BCUT2D eigenvalue weighted by atomic mass is 10.1. The number of benzene rings is 2. The van der Waals surface area contributed by atoms with Gasteiger partial charge in [0.05, 0.1) is 32.3 Å². The topological polar surface area (TPSA) is 100 Å². The largest absolute Gasteiger partial charge is 0.496 e. The van der Waals surface area contributed by atoms with Crippen molar-refractivity contribution in [2.24, 2.45) is 0 Å². The molecule has 150 valence electrons. The van der Waals surface area contributed by atoms with Crippen LogP contribution in [0.3, 0.4) is 0 Å². The molecule has 1 heterocycles. The van der Waals surface area contributed by atoms with Gasteiger partial charge < -0.3 is 18.9 Å². The number of rotatable bonds is 6. The Morgan fingerprint density at radius 3 is 2.54 bits per heavy atom. The summed E-state index contributed by atoms with van der Waals surface area (Å²) in [6, 6.07) is 9.27. The molecule has 0 saturated heterocycles. The molecule has 0 aliphatic carbocycles. The van der Waals surface area contributed by atoms with Gasteiger partial charge in [-0.3, -0.25) is 0 Å². The normalized spacial score (nSPS) is 13.5. The van der Waals surface area contributed by atoms with Crippen LogP contribution in [0.2, 0.25) is 0 Å². The van der Waals surface area contributed by atoms with Crippen molar-refractivity contribution in [3.63, 3.8) is 0 Å². The second-order valence-corrected chi connectivity index (χ2v) is 7.78. The zero-order chi connectivity index (χ0) is 20.1. The fourth-order valence-corrected chi connectivity index (χ4v) is 3.74. The van der Waals surface area contributed by atoms with Crippen LogP contribution >= 0.6 is 0 Å². The van der Waals surface area contributed by atoms with Crippen LogP contribution in [0.4, 0.5) is 0 Å². The Labute approximate surface area is 163 Å². The predicted octanol–water partition coefficient (Wildman–Crippen LogP) is 2.12. The second-order valence-electron chi connectivity index (χ2n) is 6.01. The standard InChI is InChI=1S/C19H21NO7S/c1-24-16-6-4-13(10-15(16)19(21)25-2)12-20-28(22,23)14-5-7-17-18(11-14)27-9-3-8-26-17/h4-7,10-11,20H,3,8-9,12H2,1-2H3. The summed E-state index contributed by atoms with van der Waals surface area (Å²) in [4.78, 5) is 11.9. The molecule has 0 radical (unpaired) electrons. The summed E-state index contributed by atoms with van der Waals surface area (Å²) in [5.41, 5.74) is 0.802. The van der Waals surface area contributed by atoms with Crippen molar-refractivity contribution in [2.45, 2.75) is 17.9 Å². The van der Waals surface area contributed by atoms with Gasteiger partial charge in [0.25, 0.3) is 0 Å². The van der Waals surface area contributed by atoms with Gasteiger partial charge in [0.1, 0.15) is 11.3 Å². The lowest BCUT2D eigenvalue weighted by Gasteiger charge is -2.12. The Hall–Kier alpha value is -2.78. The lowest BCUT2D eigenvalue weighted by molar-refractivity contribution is 0.0597. The summed E-state index contributed by atoms with van der Waals surface area (Å²) in [5.74, 6) is 0.706. The Kier molecular flexibility index (Phi) is 6.05. The highest BCUT2D eigenvalue weighted by atomic mass is 32.2. The van der Waals surface area contributed by atoms with Crippen LogP contribution in [0.5, 0.6) is 17.2 Å². The molecule has 2 aromatic carbocycles. The quantitative estimate of drug-likeness (QED) is 0.732. The van der Waals surface area contributed by atoms with Crippen LogP contribution in [0.25, 0.3) is 0 Å². The minimum absolute atomic E-state index is 0.00916. The minimum Gasteiger partial charge on any atom is -0.496 e. The van der Waals surface area contributed by atoms with Crippen molar-refractivity contribution in [2.75, 3.05) is 27.4 Å². The number of sulfonamides is 1. The highest BCUT2D eigenvalue weighted by Gasteiger charge is 2.19. The number of methoxy groups -OCH3 is 2. The third-order valence-electron chi connectivity index (χ3n) is 4.16. The van der Waals surface area contributed by atoms with Crippen LogP contribution in [0, 0.1) is 0 Å². The highest BCUT2D eigenvalue weighted by molar-refractivity contribution is 7.89. The van der Waals surface area contributed by atoms with Gasteiger partial charge in [-0.2, -0.15) is 0 Å². The minimum atomic E-state index is -3.79. The molecular weight excluding hydrogens is 386 g/mol. The first-order valence-corrected chi connectivity index (χ1v) is 10.1. The number of fused-ring (bicyclic) bond motifs is 1. The van der Waals surface area contributed by atoms with Crippen LogP contribution in [0.1, 0.15) is 22.3 Å². The van der Waals surface area contributed by atoms with E-state index < -0.39 is 16.0 Å². The van der Waals surface area contributed by atoms with Crippen LogP contribution in [0.15, 0.2) is 41.3 Å². The van der Waals surface area contributed by atoms with Gasteiger partial charge in [-0.25, -0.2) is 17.9 Å². The predicted molar refractivity (Wildman–Crippen MR) is 100 cm³/mol. The first kappa shape index (κ1) is 20.0. The SMILES string of the molecule is COC(=O)c1cc(CNS(=O)(=O)c2ccc3c(c2)OCCCO3)ccc1OC. The Balaban J connectivity index is 1.78. The Morgan fingerprint density at radius 2 is 1.82 bits per heavy atom. The summed E-state index contributed by atoms with van der Waals surface area (Å²) in [6.07, 6.45) is 0.731. The molecule has 0 unspecified atom stereocenters. The van der Waals surface area contributed by atoms with Crippen molar-refractivity contribution in [1.82, 2.24) is 4.72 Å². The van der Waals surface area contributed by atoms with Crippen molar-refractivity contribution >= 4 is 16.0 Å². The molecule has 0 fully saturated rings. The third kappa shape index (κ3) is 4.37. The van der Waals surface area contributed by atoms with Crippen molar-refractivity contribution in [1.29, 1.82) is 0 Å². The van der Waals surface area contributed by atoms with Crippen molar-refractivity contribution in [3.8, 4) is 17.2 Å². The molecule has 0 spiro atoms. The fraction of sp³-hybridized carbons (Fsp3) is 0.316. The van der Waals surface area contributed by atoms with E-state index in [4.69, 9.17) is 18.9 Å². The molecule has 1 N–H and O–H groups in total. The van der Waals surface area contributed by atoms with E-state index >= 15 is 0 Å². The number of carbonyl (C=O) groups is 1. The van der Waals surface area contributed by atoms with Crippen LogP contribution in [-0.4, -0.2) is 41.8 Å². The molecule has 0 atom stereocenters. The first-order valence-electron chi connectivity index (χ1n) is 8.59. The maximum atomic E-state index is 12.7. The average molecular weight is 407 g/mol. The zero-order valence-electron chi connectivity index (χ0n) is 15.6. The smallest absolute Gasteiger partial charge is 0.341 e. The molecule has 0 bridgehead atoms. The van der Waals surface area contributed by atoms with E-state index in [9.17, 15) is 13.2 Å². The van der Waals surface area contributed by atoms with E-state index in [2.05, 4.69) is 4.72 Å². The van der Waals surface area contributed by atoms with Gasteiger partial charge in [0.2, 0.25) is 10.0 Å². The van der Waals surface area contributed by atoms with Gasteiger partial charge >= 0.3 is 5.97 Å². The number of carbonyl (C=O) groups excluding carboxylic acids is 1. The first-order chi connectivity index (χ1) is 13.4. The third-order valence-corrected chi connectivity index (χ3v) is 5.56. The van der Waals surface area contributed by atoms with E-state index in [-0.39, 0.29) is 17.0 Å². The molecule has 2 aromatic rings. The lowest BCUT2D eigenvalue weighted by Crippen LogP contribution is -2.23. The summed E-state index contributed by atoms with van der Waals surface area (Å²) in [5, 5.41) is 0. The molecule has 0 aromatic heterocycles. The zero-order valence-corrected chi connectivity index (χ0v) is 16.4. The van der Waals surface area contributed by atoms with E-state index in [1.165, 1.54) is 32.4 Å². The van der Waals surface area contributed by atoms with Gasteiger partial charge in [-0.15, -0.1) is 0 Å². The highest BCUT2D eigenvalue weighted by Crippen LogP contribution is 2.32. The molecule has 28 heavy (non-hydrogen) atoms. The number of hydrogen-bond donors (Lipinski definition) is 1. The molecule has 0 saturated carbocycles. The van der Waals surface area contributed by atoms with Gasteiger partial charge in [-0.05, 0) is 29.8 Å². The van der Waals surface area contributed by atoms with Gasteiger partial charge in [0.15, 0.2) is 11.5 Å². The molecule has 1 aliphatic rings. The maximum absolute atomic E-state index is 12.7. The number of hydrogen-bond acceptors (Lipinski definition) is 7. The van der Waals surface area contributed by atoms with Crippen molar-refractivity contribution < 1.29 is 32.2 Å². The van der Waals surface area contributed by atoms with Gasteiger partial charge in [0, 0.05) is 19.0 Å². The summed E-state index contributed by atoms with van der Waals surface area (Å²) < 4.78 is 48.7. The summed E-state index contributed by atoms with van der Waals surface area (Å²) >= 11 is 0. The number of esters is 1. The molecule has 3 rings (SSSR count). The maximum Gasteiger partial charge on any atom is 0.341 e. The van der Waals surface area contributed by atoms with E-state index in [0.717, 1.165) is 6.42 Å². The van der Waals surface area contributed by atoms with Crippen molar-refractivity contribution in [3.05, 3.63) is 47.5 Å². The van der Waals surface area contributed by atoms with Crippen LogP contribution in [-0.2, 0) is 21.3 Å². The monoisotopic (exact) mass is 407 g/mol.